The van der Waals surface area contributed by atoms with Crippen molar-refractivity contribution in [3.8, 4) is 11.1 Å². The third-order valence-corrected chi connectivity index (χ3v) is 7.93. The molecule has 0 aliphatic carbocycles. The number of halogens is 2. The zero-order valence-corrected chi connectivity index (χ0v) is 29.6. The molecule has 0 aliphatic rings. The first-order valence-electron chi connectivity index (χ1n) is 16.0. The van der Waals surface area contributed by atoms with Crippen molar-refractivity contribution in [2.75, 3.05) is 20.6 Å². The third kappa shape index (κ3) is 13.4. The van der Waals surface area contributed by atoms with Gasteiger partial charge in [-0.05, 0) is 132 Å². The number of aryl methyl sites for hydroxylation is 3. The van der Waals surface area contributed by atoms with Crippen LogP contribution in [0.5, 0.6) is 0 Å². The van der Waals surface area contributed by atoms with Crippen molar-refractivity contribution in [2.24, 2.45) is 11.8 Å². The molecule has 2 atom stereocenters. The summed E-state index contributed by atoms with van der Waals surface area (Å²) in [5.41, 5.74) is 6.63. The van der Waals surface area contributed by atoms with Gasteiger partial charge in [-0.15, -0.1) is 0 Å². The molecule has 1 unspecified atom stereocenters. The molecule has 0 fully saturated rings. The Balaban J connectivity index is 0.000000636. The molecule has 0 radical (unpaired) electrons. The number of hydrogen-bond acceptors (Lipinski definition) is 5. The molecule has 2 aromatic carbocycles. The molecule has 6 nitrogen and oxygen atoms in total. The summed E-state index contributed by atoms with van der Waals surface area (Å²) in [5.74, 6) is -1.78. The van der Waals surface area contributed by atoms with E-state index in [9.17, 15) is 18.9 Å². The minimum atomic E-state index is -1.17. The molecule has 0 aromatic heterocycles. The predicted molar refractivity (Wildman–Crippen MR) is 183 cm³/mol. The average Bonchev–Trinajstić information content (AvgIpc) is 2.97. The Kier molecular flexibility index (Phi) is 17.4. The Morgan fingerprint density at radius 3 is 2.09 bits per heavy atom. The quantitative estimate of drug-likeness (QED) is 0.165. The molecule has 0 heterocycles. The molecular formula is C38H54F2N2O4. The fourth-order valence-electron chi connectivity index (χ4n) is 5.24. The molecule has 0 saturated heterocycles. The van der Waals surface area contributed by atoms with Crippen molar-refractivity contribution >= 4 is 17.7 Å². The van der Waals surface area contributed by atoms with Crippen molar-refractivity contribution < 1.29 is 28.2 Å². The molecular weight excluding hydrogens is 586 g/mol. The normalized spacial score (nSPS) is 13.2. The van der Waals surface area contributed by atoms with Crippen LogP contribution in [0, 0.1) is 38.4 Å². The SMILES string of the molecule is C/C=C(CCN(C)C)\C(C)=C/C(C)=O.Cc1cc(-c2c(C)cccc2C)cc([C@H](CC(=O)OF)NC(=O)C(C)CCC(C)C)c1F. The molecule has 0 bridgehead atoms. The Bertz CT molecular complexity index is 1380. The number of allylic oxidation sites excluding steroid dienone is 3. The number of benzene rings is 2. The fourth-order valence-corrected chi connectivity index (χ4v) is 5.24. The number of hydrogen-bond donors (Lipinski definition) is 1. The summed E-state index contributed by atoms with van der Waals surface area (Å²) in [6.07, 6.45) is 5.79. The number of nitrogens with one attached hydrogen (secondary N) is 1. The second-order valence-corrected chi connectivity index (χ2v) is 12.9. The molecule has 46 heavy (non-hydrogen) atoms. The fraction of sp³-hybridized carbons (Fsp3) is 0.500. The van der Waals surface area contributed by atoms with Crippen LogP contribution < -0.4 is 5.32 Å². The van der Waals surface area contributed by atoms with Gasteiger partial charge in [0.1, 0.15) is 5.82 Å². The lowest BCUT2D eigenvalue weighted by atomic mass is 9.90. The van der Waals surface area contributed by atoms with Crippen LogP contribution in [-0.2, 0) is 19.3 Å². The van der Waals surface area contributed by atoms with Gasteiger partial charge in [-0.1, -0.05) is 51.5 Å². The second kappa shape index (κ2) is 19.8. The molecule has 1 amide bonds. The van der Waals surface area contributed by atoms with Gasteiger partial charge in [0.15, 0.2) is 5.78 Å². The lowest BCUT2D eigenvalue weighted by molar-refractivity contribution is -0.184. The number of carbonyl (C=O) groups is 3. The van der Waals surface area contributed by atoms with Crippen LogP contribution in [-0.4, -0.2) is 43.2 Å². The molecule has 254 valence electrons. The molecule has 8 heteroatoms. The maximum atomic E-state index is 15.2. The zero-order valence-electron chi connectivity index (χ0n) is 29.6. The Labute approximate surface area is 275 Å². The monoisotopic (exact) mass is 640 g/mol. The predicted octanol–water partition coefficient (Wildman–Crippen LogP) is 8.89. The lowest BCUT2D eigenvalue weighted by Gasteiger charge is -2.23. The maximum absolute atomic E-state index is 15.2. The first kappa shape index (κ1) is 40.4. The van der Waals surface area contributed by atoms with E-state index in [1.165, 1.54) is 5.57 Å². The van der Waals surface area contributed by atoms with Gasteiger partial charge in [-0.2, -0.15) is 0 Å². The second-order valence-electron chi connectivity index (χ2n) is 12.9. The van der Waals surface area contributed by atoms with Gasteiger partial charge in [-0.25, -0.2) is 9.18 Å². The minimum absolute atomic E-state index is 0.117. The van der Waals surface area contributed by atoms with Crippen LogP contribution in [0.15, 0.2) is 53.6 Å². The van der Waals surface area contributed by atoms with E-state index in [1.807, 2.05) is 45.9 Å². The highest BCUT2D eigenvalue weighted by Crippen LogP contribution is 2.33. The van der Waals surface area contributed by atoms with E-state index in [1.54, 1.807) is 39.0 Å². The Hall–Kier alpha value is -3.65. The van der Waals surface area contributed by atoms with Gasteiger partial charge in [0.2, 0.25) is 5.91 Å². The molecule has 0 aliphatic heterocycles. The van der Waals surface area contributed by atoms with Gasteiger partial charge < -0.3 is 10.2 Å². The summed E-state index contributed by atoms with van der Waals surface area (Å²) in [5, 5.41) is 2.75. The maximum Gasteiger partial charge on any atom is 0.351 e. The number of carbonyl (C=O) groups excluding carboxylic acids is 3. The van der Waals surface area contributed by atoms with Crippen LogP contribution in [0.25, 0.3) is 11.1 Å². The number of nitrogens with zero attached hydrogens (tertiary/aromatic N) is 1. The van der Waals surface area contributed by atoms with Gasteiger partial charge in [0, 0.05) is 22.6 Å². The topological polar surface area (TPSA) is 75.7 Å². The highest BCUT2D eigenvalue weighted by molar-refractivity contribution is 5.88. The summed E-state index contributed by atoms with van der Waals surface area (Å²) < 4.78 is 27.8. The molecule has 2 aromatic rings. The largest absolute Gasteiger partial charge is 0.351 e. The van der Waals surface area contributed by atoms with E-state index < -0.39 is 24.2 Å². The summed E-state index contributed by atoms with van der Waals surface area (Å²) in [4.78, 5) is 40.9. The summed E-state index contributed by atoms with van der Waals surface area (Å²) >= 11 is 0. The number of rotatable bonds is 14. The van der Waals surface area contributed by atoms with E-state index in [2.05, 4.69) is 49.2 Å². The van der Waals surface area contributed by atoms with E-state index in [0.717, 1.165) is 47.2 Å². The molecule has 0 spiro atoms. The lowest BCUT2D eigenvalue weighted by Crippen LogP contribution is -2.35. The number of amides is 1. The van der Waals surface area contributed by atoms with Gasteiger partial charge in [-0.3, -0.25) is 14.5 Å². The molecule has 1 N–H and O–H groups in total. The van der Waals surface area contributed by atoms with E-state index in [4.69, 9.17) is 0 Å². The molecule has 2 rings (SSSR count). The van der Waals surface area contributed by atoms with E-state index in [-0.39, 0.29) is 23.2 Å². The van der Waals surface area contributed by atoms with Gasteiger partial charge in [0.05, 0.1) is 12.5 Å². The first-order valence-corrected chi connectivity index (χ1v) is 16.0. The van der Waals surface area contributed by atoms with Crippen molar-refractivity contribution in [3.05, 3.63) is 81.7 Å². The smallest absolute Gasteiger partial charge is 0.348 e. The summed E-state index contributed by atoms with van der Waals surface area (Å²) in [6.45, 7) is 18.1. The average molecular weight is 641 g/mol. The Morgan fingerprint density at radius 2 is 1.59 bits per heavy atom. The highest BCUT2D eigenvalue weighted by Gasteiger charge is 2.27. The van der Waals surface area contributed by atoms with Crippen LogP contribution in [0.4, 0.5) is 8.92 Å². The number of ketones is 1. The van der Waals surface area contributed by atoms with Crippen LogP contribution in [0.1, 0.15) is 95.5 Å². The van der Waals surface area contributed by atoms with Crippen molar-refractivity contribution in [1.29, 1.82) is 0 Å². The van der Waals surface area contributed by atoms with E-state index >= 15 is 4.39 Å². The van der Waals surface area contributed by atoms with Crippen molar-refractivity contribution in [3.63, 3.8) is 0 Å². The Morgan fingerprint density at radius 1 is 0.978 bits per heavy atom. The summed E-state index contributed by atoms with van der Waals surface area (Å²) in [6, 6.07) is 8.21. The molecule has 0 saturated carbocycles. The third-order valence-electron chi connectivity index (χ3n) is 7.93. The van der Waals surface area contributed by atoms with Crippen molar-refractivity contribution in [2.45, 2.75) is 94.0 Å². The van der Waals surface area contributed by atoms with E-state index in [0.29, 0.717) is 17.9 Å². The highest BCUT2D eigenvalue weighted by atomic mass is 19.3. The summed E-state index contributed by atoms with van der Waals surface area (Å²) in [7, 11) is 4.11. The first-order chi connectivity index (χ1) is 21.5. The van der Waals surface area contributed by atoms with Crippen LogP contribution in [0.2, 0.25) is 0 Å². The van der Waals surface area contributed by atoms with Gasteiger partial charge in [0.25, 0.3) is 0 Å². The van der Waals surface area contributed by atoms with Crippen LogP contribution in [0.3, 0.4) is 0 Å². The van der Waals surface area contributed by atoms with Crippen LogP contribution >= 0.6 is 0 Å². The van der Waals surface area contributed by atoms with Crippen molar-refractivity contribution in [1.82, 2.24) is 10.2 Å². The van der Waals surface area contributed by atoms with Gasteiger partial charge >= 0.3 is 5.97 Å². The minimum Gasteiger partial charge on any atom is -0.348 e. The standard InChI is InChI=1S/C26H33F2NO3.C12H21NO/c1-15(2)10-11-18(5)26(31)29-22(14-23(30)32-28)21-13-20(12-19(6)25(21)27)24-16(3)8-7-9-17(24)4;1-6-12(7-8-13(4)5)10(2)9-11(3)14/h7-9,12-13,15,18,22H,10-11,14H2,1-6H3,(H,29,31);6,9H,7-8H2,1-5H3/b;10-9-,12-6-/t18?,22-;/m0./s1. The zero-order chi connectivity index (χ0) is 35.1.